The van der Waals surface area contributed by atoms with Gasteiger partial charge in [-0.15, -0.1) is 0 Å². The number of carbonyl (C=O) groups is 1. The molecule has 1 aromatic carbocycles. The Bertz CT molecular complexity index is 430. The van der Waals surface area contributed by atoms with Crippen molar-refractivity contribution in [2.75, 3.05) is 0 Å². The van der Waals surface area contributed by atoms with Crippen LogP contribution in [0.15, 0.2) is 18.2 Å². The van der Waals surface area contributed by atoms with E-state index in [-0.39, 0.29) is 0 Å². The topological polar surface area (TPSA) is 40.9 Å². The molecule has 0 radical (unpaired) electrons. The van der Waals surface area contributed by atoms with Crippen LogP contribution < -0.4 is 0 Å². The normalized spacial score (nSPS) is 8.00. The van der Waals surface area contributed by atoms with E-state index in [2.05, 4.69) is 11.8 Å². The van der Waals surface area contributed by atoms with Crippen molar-refractivity contribution in [3.63, 3.8) is 0 Å². The Morgan fingerprint density at radius 3 is 2.77 bits per heavy atom. The van der Waals surface area contributed by atoms with Gasteiger partial charge in [-0.1, -0.05) is 12.0 Å². The summed E-state index contributed by atoms with van der Waals surface area (Å²) in [4.78, 5) is 10.0. The molecule has 0 fully saturated rings. The van der Waals surface area contributed by atoms with Crippen molar-refractivity contribution in [1.82, 2.24) is 0 Å². The van der Waals surface area contributed by atoms with Crippen LogP contribution in [-0.4, -0.2) is 6.29 Å². The molecule has 0 bridgehead atoms. The molecule has 62 valence electrons. The average Bonchev–Trinajstić information content (AvgIpc) is 2.15. The molecule has 1 rings (SSSR count). The first-order chi connectivity index (χ1) is 6.27. The lowest BCUT2D eigenvalue weighted by Crippen LogP contribution is -1.84. The molecule has 0 spiro atoms. The van der Waals surface area contributed by atoms with Gasteiger partial charge in [0.05, 0.1) is 5.56 Å². The molecule has 0 aromatic heterocycles. The Hall–Kier alpha value is -2.06. The largest absolute Gasteiger partial charge is 0.289 e. The molecule has 1 aromatic rings. The summed E-state index contributed by atoms with van der Waals surface area (Å²) in [5.74, 6) is 4.90. The Kier molecular flexibility index (Phi) is 2.84. The second-order valence-electron chi connectivity index (χ2n) is 2.55. The van der Waals surface area contributed by atoms with E-state index in [1.54, 1.807) is 12.1 Å². The van der Waals surface area contributed by atoms with E-state index in [0.29, 0.717) is 17.4 Å². The minimum Gasteiger partial charge on any atom is -0.289 e. The molecular weight excluding hydrogens is 162 g/mol. The van der Waals surface area contributed by atoms with Crippen LogP contribution in [0.5, 0.6) is 0 Å². The highest BCUT2D eigenvalue weighted by molar-refractivity contribution is 5.74. The molecule has 0 heterocycles. The van der Waals surface area contributed by atoms with Gasteiger partial charge in [0.25, 0.3) is 0 Å². The minimum atomic E-state index is 0.500. The third-order valence-electron chi connectivity index (χ3n) is 1.56. The Labute approximate surface area is 76.8 Å². The van der Waals surface area contributed by atoms with E-state index in [1.807, 2.05) is 19.1 Å². The second kappa shape index (κ2) is 4.09. The van der Waals surface area contributed by atoms with Crippen LogP contribution >= 0.6 is 0 Å². The van der Waals surface area contributed by atoms with Crippen LogP contribution in [-0.2, 0) is 4.79 Å². The van der Waals surface area contributed by atoms with Gasteiger partial charge in [-0.05, 0) is 30.5 Å². The molecule has 2 nitrogen and oxygen atoms in total. The maximum absolute atomic E-state index is 10.0. The molecule has 0 aliphatic heterocycles. The molecule has 0 saturated carbocycles. The van der Waals surface area contributed by atoms with Gasteiger partial charge in [0, 0.05) is 5.56 Å². The molecule has 0 saturated heterocycles. The first-order valence-electron chi connectivity index (χ1n) is 3.74. The number of nitriles is 1. The van der Waals surface area contributed by atoms with Crippen molar-refractivity contribution in [2.24, 2.45) is 0 Å². The number of nitrogens with zero attached hydrogens (tertiary/aromatic N) is 1. The number of rotatable bonds is 0. The van der Waals surface area contributed by atoms with Gasteiger partial charge in [0.1, 0.15) is 6.07 Å². The highest BCUT2D eigenvalue weighted by atomic mass is 16.1. The predicted octanol–water partition coefficient (Wildman–Crippen LogP) is 1.42. The fraction of sp³-hybridized carbons (Fsp3) is 0.0909. The lowest BCUT2D eigenvalue weighted by atomic mass is 10.1. The van der Waals surface area contributed by atoms with Crippen LogP contribution in [0.4, 0.5) is 0 Å². The molecule has 13 heavy (non-hydrogen) atoms. The Balaban J connectivity index is 3.25. The van der Waals surface area contributed by atoms with Gasteiger partial charge < -0.3 is 0 Å². The molecule has 0 unspecified atom stereocenters. The summed E-state index contributed by atoms with van der Waals surface area (Å²) in [6.07, 6.45) is 0.517. The summed E-state index contributed by atoms with van der Waals surface area (Å²) in [5, 5.41) is 8.70. The van der Waals surface area contributed by atoms with Crippen molar-refractivity contribution in [2.45, 2.75) is 6.92 Å². The first kappa shape index (κ1) is 9.03. The Morgan fingerprint density at radius 2 is 2.15 bits per heavy atom. The van der Waals surface area contributed by atoms with Gasteiger partial charge in [-0.3, -0.25) is 4.79 Å². The molecular formula is C11H7NO. The van der Waals surface area contributed by atoms with E-state index < -0.39 is 0 Å². The van der Waals surface area contributed by atoms with E-state index in [4.69, 9.17) is 5.26 Å². The number of aryl methyl sites for hydroxylation is 1. The van der Waals surface area contributed by atoms with Crippen molar-refractivity contribution < 1.29 is 4.79 Å². The fourth-order valence-electron chi connectivity index (χ4n) is 0.966. The third-order valence-corrected chi connectivity index (χ3v) is 1.56. The van der Waals surface area contributed by atoms with Gasteiger partial charge in [0.15, 0.2) is 6.29 Å². The SMILES string of the molecule is Cc1ccc(C#N)c(C#CC=O)c1. The van der Waals surface area contributed by atoms with Gasteiger partial charge in [0.2, 0.25) is 0 Å². The van der Waals surface area contributed by atoms with E-state index >= 15 is 0 Å². The lowest BCUT2D eigenvalue weighted by Gasteiger charge is -1.95. The van der Waals surface area contributed by atoms with Crippen LogP contribution in [0.1, 0.15) is 16.7 Å². The molecule has 0 amide bonds. The minimum absolute atomic E-state index is 0.500. The predicted molar refractivity (Wildman–Crippen MR) is 48.8 cm³/mol. The van der Waals surface area contributed by atoms with Gasteiger partial charge in [-0.2, -0.15) is 5.26 Å². The third kappa shape index (κ3) is 2.18. The molecule has 0 aliphatic carbocycles. The van der Waals surface area contributed by atoms with Crippen LogP contribution in [0.2, 0.25) is 0 Å². The summed E-state index contributed by atoms with van der Waals surface area (Å²) in [6.45, 7) is 1.91. The van der Waals surface area contributed by atoms with E-state index in [0.717, 1.165) is 5.56 Å². The first-order valence-corrected chi connectivity index (χ1v) is 3.74. The standard InChI is InChI=1S/C11H7NO/c1-9-4-5-11(8-12)10(7-9)3-2-6-13/h4-7H,1H3. The summed E-state index contributed by atoms with van der Waals surface area (Å²) < 4.78 is 0. The van der Waals surface area contributed by atoms with E-state index in [9.17, 15) is 4.79 Å². The quantitative estimate of drug-likeness (QED) is 0.435. The zero-order chi connectivity index (χ0) is 9.68. The molecule has 0 aliphatic rings. The molecule has 2 heteroatoms. The highest BCUT2D eigenvalue weighted by Crippen LogP contribution is 2.08. The summed E-state index contributed by atoms with van der Waals surface area (Å²) in [5.41, 5.74) is 2.13. The maximum atomic E-state index is 10.0. The highest BCUT2D eigenvalue weighted by Gasteiger charge is 1.97. The monoisotopic (exact) mass is 169 g/mol. The number of carbonyl (C=O) groups excluding carboxylic acids is 1. The van der Waals surface area contributed by atoms with Crippen LogP contribution in [0.3, 0.4) is 0 Å². The zero-order valence-electron chi connectivity index (χ0n) is 7.16. The van der Waals surface area contributed by atoms with Crippen LogP contribution in [0, 0.1) is 30.1 Å². The summed E-state index contributed by atoms with van der Waals surface area (Å²) >= 11 is 0. The van der Waals surface area contributed by atoms with E-state index in [1.165, 1.54) is 0 Å². The molecule has 0 N–H and O–H groups in total. The van der Waals surface area contributed by atoms with Gasteiger partial charge in [-0.25, -0.2) is 0 Å². The molecule has 0 atom stereocenters. The average molecular weight is 169 g/mol. The van der Waals surface area contributed by atoms with Crippen LogP contribution in [0.25, 0.3) is 0 Å². The van der Waals surface area contributed by atoms with Crippen molar-refractivity contribution >= 4 is 6.29 Å². The lowest BCUT2D eigenvalue weighted by molar-refractivity contribution is -0.103. The van der Waals surface area contributed by atoms with Crippen molar-refractivity contribution in [3.8, 4) is 17.9 Å². The van der Waals surface area contributed by atoms with Crippen molar-refractivity contribution in [3.05, 3.63) is 34.9 Å². The number of hydrogen-bond acceptors (Lipinski definition) is 2. The maximum Gasteiger partial charge on any atom is 0.193 e. The smallest absolute Gasteiger partial charge is 0.193 e. The number of aldehydes is 1. The number of benzene rings is 1. The fourth-order valence-corrected chi connectivity index (χ4v) is 0.966. The second-order valence-corrected chi connectivity index (χ2v) is 2.55. The summed E-state index contributed by atoms with van der Waals surface area (Å²) in [7, 11) is 0. The summed E-state index contributed by atoms with van der Waals surface area (Å²) in [6, 6.07) is 7.34. The van der Waals surface area contributed by atoms with Gasteiger partial charge >= 0.3 is 0 Å². The van der Waals surface area contributed by atoms with Crippen molar-refractivity contribution in [1.29, 1.82) is 5.26 Å². The number of hydrogen-bond donors (Lipinski definition) is 0. The zero-order valence-corrected chi connectivity index (χ0v) is 7.16. The Morgan fingerprint density at radius 1 is 1.38 bits per heavy atom.